The molecule has 0 saturated carbocycles. The molecular formula is C31H44N4O3S. The molecule has 0 bridgehead atoms. The number of carbonyl (C=O) groups is 1. The van der Waals surface area contributed by atoms with Crippen LogP contribution in [0.15, 0.2) is 29.3 Å². The van der Waals surface area contributed by atoms with Crippen LogP contribution in [0, 0.1) is 6.92 Å². The van der Waals surface area contributed by atoms with E-state index in [0.717, 1.165) is 34.9 Å². The van der Waals surface area contributed by atoms with Crippen molar-refractivity contribution in [2.24, 2.45) is 0 Å². The monoisotopic (exact) mass is 552 g/mol. The van der Waals surface area contributed by atoms with E-state index in [0.29, 0.717) is 25.6 Å². The van der Waals surface area contributed by atoms with Gasteiger partial charge in [-0.3, -0.25) is 13.9 Å². The molecule has 2 aromatic heterocycles. The van der Waals surface area contributed by atoms with Crippen LogP contribution in [0.25, 0.3) is 10.6 Å². The number of imidazole rings is 1. The third-order valence-electron chi connectivity index (χ3n) is 7.81. The Hall–Kier alpha value is -2.87. The van der Waals surface area contributed by atoms with Gasteiger partial charge in [0.15, 0.2) is 0 Å². The summed E-state index contributed by atoms with van der Waals surface area (Å²) in [6.45, 7) is 19.3. The van der Waals surface area contributed by atoms with Gasteiger partial charge in [-0.2, -0.15) is 0 Å². The molecule has 212 valence electrons. The number of aryl methyl sites for hydroxylation is 2. The second kappa shape index (κ2) is 11.0. The smallest absolute Gasteiger partial charge is 0.328 e. The lowest BCUT2D eigenvalue weighted by molar-refractivity contribution is -0.133. The van der Waals surface area contributed by atoms with E-state index in [1.54, 1.807) is 27.6 Å². The lowest BCUT2D eigenvalue weighted by Crippen LogP contribution is -2.41. The van der Waals surface area contributed by atoms with Crippen molar-refractivity contribution in [3.8, 4) is 16.3 Å². The van der Waals surface area contributed by atoms with Crippen molar-refractivity contribution in [3.05, 3.63) is 56.7 Å². The van der Waals surface area contributed by atoms with Crippen molar-refractivity contribution < 1.29 is 9.53 Å². The number of thiazole rings is 1. The lowest BCUT2D eigenvalue weighted by atomic mass is 9.78. The number of hydrogen-bond donors (Lipinski definition) is 0. The lowest BCUT2D eigenvalue weighted by Gasteiger charge is -2.31. The van der Waals surface area contributed by atoms with E-state index in [2.05, 4.69) is 53.7 Å². The van der Waals surface area contributed by atoms with Crippen molar-refractivity contribution >= 4 is 17.2 Å². The van der Waals surface area contributed by atoms with Gasteiger partial charge in [0.25, 0.3) is 0 Å². The summed E-state index contributed by atoms with van der Waals surface area (Å²) in [6, 6.07) is 4.49. The minimum absolute atomic E-state index is 0.0140. The number of methoxy groups -OCH3 is 1. The van der Waals surface area contributed by atoms with E-state index in [-0.39, 0.29) is 29.0 Å². The zero-order valence-electron chi connectivity index (χ0n) is 25.1. The second-order valence-corrected chi connectivity index (χ2v) is 13.8. The van der Waals surface area contributed by atoms with Gasteiger partial charge in [0, 0.05) is 59.3 Å². The highest BCUT2D eigenvalue weighted by molar-refractivity contribution is 7.15. The van der Waals surface area contributed by atoms with Crippen LogP contribution in [-0.2, 0) is 28.7 Å². The third-order valence-corrected chi connectivity index (χ3v) is 9.02. The molecule has 4 rings (SSSR count). The topological polar surface area (TPSA) is 69.4 Å². The number of likely N-dealkylation sites (tertiary alicyclic amines) is 1. The predicted octanol–water partition coefficient (Wildman–Crippen LogP) is 6.11. The summed E-state index contributed by atoms with van der Waals surface area (Å²) < 4.78 is 9.17. The van der Waals surface area contributed by atoms with Crippen LogP contribution >= 0.6 is 11.3 Å². The first-order valence-electron chi connectivity index (χ1n) is 14.0. The Labute approximate surface area is 236 Å². The normalized spacial score (nSPS) is 15.2. The van der Waals surface area contributed by atoms with E-state index in [9.17, 15) is 9.59 Å². The first-order chi connectivity index (χ1) is 18.2. The van der Waals surface area contributed by atoms with Crippen LogP contribution < -0.4 is 10.4 Å². The van der Waals surface area contributed by atoms with Crippen LogP contribution in [0.2, 0.25) is 0 Å². The number of ether oxygens (including phenoxy) is 1. The largest absolute Gasteiger partial charge is 0.496 e. The van der Waals surface area contributed by atoms with E-state index < -0.39 is 0 Å². The van der Waals surface area contributed by atoms with E-state index >= 15 is 0 Å². The Balaban J connectivity index is 1.50. The minimum Gasteiger partial charge on any atom is -0.496 e. The van der Waals surface area contributed by atoms with Crippen LogP contribution in [0.4, 0.5) is 0 Å². The molecule has 0 N–H and O–H groups in total. The number of amides is 1. The van der Waals surface area contributed by atoms with Gasteiger partial charge in [-0.15, -0.1) is 11.3 Å². The van der Waals surface area contributed by atoms with E-state index in [4.69, 9.17) is 9.72 Å². The second-order valence-electron chi connectivity index (χ2n) is 12.8. The van der Waals surface area contributed by atoms with Crippen LogP contribution in [-0.4, -0.2) is 45.1 Å². The van der Waals surface area contributed by atoms with Crippen LogP contribution in [0.3, 0.4) is 0 Å². The molecule has 1 aliphatic heterocycles. The minimum atomic E-state index is -0.113. The summed E-state index contributed by atoms with van der Waals surface area (Å²) in [6.07, 6.45) is 5.65. The Morgan fingerprint density at radius 2 is 1.67 bits per heavy atom. The first kappa shape index (κ1) is 29.1. The fourth-order valence-electron chi connectivity index (χ4n) is 5.42. The Morgan fingerprint density at radius 3 is 2.15 bits per heavy atom. The summed E-state index contributed by atoms with van der Waals surface area (Å²) in [5.41, 5.74) is 4.10. The molecule has 0 aliphatic carbocycles. The van der Waals surface area contributed by atoms with Gasteiger partial charge >= 0.3 is 5.69 Å². The summed E-state index contributed by atoms with van der Waals surface area (Å²) in [4.78, 5) is 33.6. The fraction of sp³-hybridized carbons (Fsp3) is 0.581. The van der Waals surface area contributed by atoms with Crippen molar-refractivity contribution in [1.82, 2.24) is 19.0 Å². The number of aromatic nitrogens is 3. The molecule has 3 aromatic rings. The maximum atomic E-state index is 13.0. The highest BCUT2D eigenvalue weighted by Gasteiger charge is 2.30. The van der Waals surface area contributed by atoms with Crippen molar-refractivity contribution in [2.75, 3.05) is 20.2 Å². The Morgan fingerprint density at radius 1 is 1.08 bits per heavy atom. The highest BCUT2D eigenvalue weighted by atomic mass is 32.1. The van der Waals surface area contributed by atoms with Crippen molar-refractivity contribution in [2.45, 2.75) is 98.1 Å². The molecule has 0 unspecified atom stereocenters. The standard InChI is InChI=1S/C31H44N4O3S/c1-10-33-18-20(2)35(29(33)37)19-26(36)34-13-11-21(12-14-34)25-17-32-28(39-25)22-15-23(30(3,4)5)27(38-9)24(16-22)31(6,7)8/h15-18,21H,10-14,19H2,1-9H3. The number of rotatable bonds is 6. The number of hydrogen-bond acceptors (Lipinski definition) is 5. The Bertz CT molecular complexity index is 1360. The first-order valence-corrected chi connectivity index (χ1v) is 14.8. The predicted molar refractivity (Wildman–Crippen MR) is 159 cm³/mol. The van der Waals surface area contributed by atoms with Gasteiger partial charge in [0.1, 0.15) is 17.3 Å². The molecule has 39 heavy (non-hydrogen) atoms. The summed E-state index contributed by atoms with van der Waals surface area (Å²) in [5, 5.41) is 1.03. The molecule has 0 radical (unpaired) electrons. The molecule has 7 nitrogen and oxygen atoms in total. The number of piperidine rings is 1. The molecule has 3 heterocycles. The molecular weight excluding hydrogens is 508 g/mol. The van der Waals surface area contributed by atoms with E-state index in [1.165, 1.54) is 16.0 Å². The molecule has 1 aliphatic rings. The molecule has 1 amide bonds. The zero-order valence-corrected chi connectivity index (χ0v) is 25.9. The van der Waals surface area contributed by atoms with Gasteiger partial charge in [-0.05, 0) is 55.6 Å². The van der Waals surface area contributed by atoms with Gasteiger partial charge in [0.2, 0.25) is 5.91 Å². The molecule has 0 spiro atoms. The Kier molecular flexibility index (Phi) is 8.18. The summed E-state index contributed by atoms with van der Waals surface area (Å²) in [7, 11) is 1.76. The fourth-order valence-corrected chi connectivity index (χ4v) is 6.49. The van der Waals surface area contributed by atoms with Gasteiger partial charge < -0.3 is 9.64 Å². The van der Waals surface area contributed by atoms with Crippen molar-refractivity contribution in [1.29, 1.82) is 0 Å². The molecule has 8 heteroatoms. The summed E-state index contributed by atoms with van der Waals surface area (Å²) >= 11 is 1.76. The molecule has 1 saturated heterocycles. The average molecular weight is 553 g/mol. The number of carbonyl (C=O) groups excluding carboxylic acids is 1. The number of nitrogens with zero attached hydrogens (tertiary/aromatic N) is 4. The summed E-state index contributed by atoms with van der Waals surface area (Å²) in [5.74, 6) is 1.37. The third kappa shape index (κ3) is 6.01. The van der Waals surface area contributed by atoms with Gasteiger partial charge in [-0.1, -0.05) is 41.5 Å². The van der Waals surface area contributed by atoms with E-state index in [1.807, 2.05) is 31.1 Å². The zero-order chi connectivity index (χ0) is 28.7. The molecule has 1 aromatic carbocycles. The number of benzene rings is 1. The highest BCUT2D eigenvalue weighted by Crippen LogP contribution is 2.44. The van der Waals surface area contributed by atoms with Gasteiger partial charge in [-0.25, -0.2) is 9.78 Å². The quantitative estimate of drug-likeness (QED) is 0.370. The maximum absolute atomic E-state index is 13.0. The van der Waals surface area contributed by atoms with Crippen LogP contribution in [0.5, 0.6) is 5.75 Å². The molecule has 1 fully saturated rings. The van der Waals surface area contributed by atoms with Crippen LogP contribution in [0.1, 0.15) is 88.9 Å². The maximum Gasteiger partial charge on any atom is 0.328 e. The average Bonchev–Trinajstić information content (AvgIpc) is 3.47. The molecule has 0 atom stereocenters. The van der Waals surface area contributed by atoms with Gasteiger partial charge in [0.05, 0.1) is 7.11 Å². The van der Waals surface area contributed by atoms with Crippen molar-refractivity contribution in [3.63, 3.8) is 0 Å². The SMILES string of the molecule is CCn1cc(C)n(CC(=O)N2CCC(c3cnc(-c4cc(C(C)(C)C)c(OC)c(C(C)(C)C)c4)s3)CC2)c1=O.